The minimum atomic E-state index is -0.578. The standard InChI is InChI=1S/C16H14Cl3N3O3/c1-9(12-4-2-10(17)6-13(12)19)20-8-16(23)21-14-7-11(18)3-5-15(14)22(24)25/h2-7,9,20H,8H2,1H3,(H,21,23)/p+1/t9-/m1/s1. The molecule has 0 aliphatic rings. The predicted octanol–water partition coefficient (Wildman–Crippen LogP) is 3.82. The van der Waals surface area contributed by atoms with Crippen LogP contribution in [0.1, 0.15) is 18.5 Å². The highest BCUT2D eigenvalue weighted by Crippen LogP contribution is 2.27. The Hall–Kier alpha value is -1.86. The van der Waals surface area contributed by atoms with Gasteiger partial charge in [0, 0.05) is 21.7 Å². The second-order valence-electron chi connectivity index (χ2n) is 5.36. The Labute approximate surface area is 159 Å². The SMILES string of the molecule is C[C@@H]([NH2+]CC(=O)Nc1cc(Cl)ccc1[N+](=O)[O-])c1ccc(Cl)cc1Cl. The Bertz CT molecular complexity index is 814. The molecular weight excluding hydrogens is 389 g/mol. The van der Waals surface area contributed by atoms with Crippen LogP contribution in [-0.2, 0) is 4.79 Å². The molecule has 25 heavy (non-hydrogen) atoms. The van der Waals surface area contributed by atoms with Gasteiger partial charge in [0.2, 0.25) is 0 Å². The predicted molar refractivity (Wildman–Crippen MR) is 98.4 cm³/mol. The van der Waals surface area contributed by atoms with Crippen LogP contribution in [0.3, 0.4) is 0 Å². The van der Waals surface area contributed by atoms with Crippen LogP contribution in [-0.4, -0.2) is 17.4 Å². The van der Waals surface area contributed by atoms with Crippen molar-refractivity contribution in [3.63, 3.8) is 0 Å². The summed E-state index contributed by atoms with van der Waals surface area (Å²) >= 11 is 17.9. The van der Waals surface area contributed by atoms with Gasteiger partial charge in [-0.1, -0.05) is 40.9 Å². The molecule has 6 nitrogen and oxygen atoms in total. The molecule has 0 bridgehead atoms. The number of benzene rings is 2. The molecule has 132 valence electrons. The quantitative estimate of drug-likeness (QED) is 0.567. The average Bonchev–Trinajstić information content (AvgIpc) is 2.52. The molecular formula is C16H15Cl3N3O3+. The van der Waals surface area contributed by atoms with Crippen molar-refractivity contribution in [1.82, 2.24) is 0 Å². The number of nitrogens with one attached hydrogen (secondary N) is 1. The zero-order valence-electron chi connectivity index (χ0n) is 13.1. The minimum absolute atomic E-state index is 0.0593. The smallest absolute Gasteiger partial charge is 0.292 e. The third-order valence-corrected chi connectivity index (χ3v) is 4.34. The number of carbonyl (C=O) groups is 1. The third kappa shape index (κ3) is 5.31. The lowest BCUT2D eigenvalue weighted by molar-refractivity contribution is -0.682. The van der Waals surface area contributed by atoms with E-state index in [-0.39, 0.29) is 29.9 Å². The first-order valence-corrected chi connectivity index (χ1v) is 8.43. The molecule has 3 N–H and O–H groups in total. The van der Waals surface area contributed by atoms with Crippen LogP contribution in [0.4, 0.5) is 11.4 Å². The largest absolute Gasteiger partial charge is 0.332 e. The average molecular weight is 404 g/mol. The topological polar surface area (TPSA) is 88.8 Å². The first kappa shape index (κ1) is 19.5. The van der Waals surface area contributed by atoms with E-state index in [1.54, 1.807) is 23.5 Å². The summed E-state index contributed by atoms with van der Waals surface area (Å²) in [5, 5.41) is 16.6. The summed E-state index contributed by atoms with van der Waals surface area (Å²) in [6.07, 6.45) is 0. The fraction of sp³-hybridized carbons (Fsp3) is 0.188. The normalized spacial score (nSPS) is 11.8. The van der Waals surface area contributed by atoms with Crippen LogP contribution in [0.15, 0.2) is 36.4 Å². The van der Waals surface area contributed by atoms with Gasteiger partial charge in [0.05, 0.1) is 9.95 Å². The molecule has 9 heteroatoms. The first-order chi connectivity index (χ1) is 11.8. The molecule has 0 aromatic heterocycles. The summed E-state index contributed by atoms with van der Waals surface area (Å²) in [5.74, 6) is -0.387. The molecule has 2 aromatic carbocycles. The second kappa shape index (κ2) is 8.49. The van der Waals surface area contributed by atoms with Gasteiger partial charge in [-0.2, -0.15) is 0 Å². The minimum Gasteiger partial charge on any atom is -0.332 e. The highest BCUT2D eigenvalue weighted by Gasteiger charge is 2.19. The van der Waals surface area contributed by atoms with E-state index in [1.165, 1.54) is 18.2 Å². The zero-order valence-corrected chi connectivity index (χ0v) is 15.4. The van der Waals surface area contributed by atoms with E-state index in [0.717, 1.165) is 5.56 Å². The van der Waals surface area contributed by atoms with Gasteiger partial charge in [-0.15, -0.1) is 0 Å². The van der Waals surface area contributed by atoms with Crippen molar-refractivity contribution < 1.29 is 15.0 Å². The lowest BCUT2D eigenvalue weighted by Gasteiger charge is -2.13. The van der Waals surface area contributed by atoms with Gasteiger partial charge in [0.15, 0.2) is 6.54 Å². The maximum absolute atomic E-state index is 12.1. The number of carbonyl (C=O) groups excluding carboxylic acids is 1. The molecule has 2 rings (SSSR count). The number of nitro benzene ring substituents is 1. The highest BCUT2D eigenvalue weighted by atomic mass is 35.5. The maximum Gasteiger partial charge on any atom is 0.292 e. The van der Waals surface area contributed by atoms with E-state index in [2.05, 4.69) is 5.32 Å². The Balaban J connectivity index is 2.01. The van der Waals surface area contributed by atoms with Crippen molar-refractivity contribution in [2.24, 2.45) is 0 Å². The summed E-state index contributed by atoms with van der Waals surface area (Å²) in [5.41, 5.74) is 0.687. The lowest BCUT2D eigenvalue weighted by atomic mass is 10.1. The number of amides is 1. The van der Waals surface area contributed by atoms with E-state index < -0.39 is 4.92 Å². The molecule has 1 amide bonds. The molecule has 0 spiro atoms. The summed E-state index contributed by atoms with van der Waals surface area (Å²) in [6, 6.07) is 9.05. The van der Waals surface area contributed by atoms with Crippen LogP contribution in [0.2, 0.25) is 15.1 Å². The fourth-order valence-electron chi connectivity index (χ4n) is 2.25. The molecule has 0 aliphatic carbocycles. The van der Waals surface area contributed by atoms with E-state index in [4.69, 9.17) is 34.8 Å². The molecule has 1 atom stereocenters. The Morgan fingerprint density at radius 1 is 1.20 bits per heavy atom. The molecule has 2 aromatic rings. The second-order valence-corrected chi connectivity index (χ2v) is 6.64. The third-order valence-electron chi connectivity index (χ3n) is 3.54. The van der Waals surface area contributed by atoms with Gasteiger partial charge in [-0.05, 0) is 31.2 Å². The maximum atomic E-state index is 12.1. The summed E-state index contributed by atoms with van der Waals surface area (Å²) in [7, 11) is 0. The molecule has 0 heterocycles. The van der Waals surface area contributed by atoms with Gasteiger partial charge in [0.25, 0.3) is 11.6 Å². The zero-order chi connectivity index (χ0) is 18.6. The molecule has 0 saturated heterocycles. The lowest BCUT2D eigenvalue weighted by Crippen LogP contribution is -2.86. The van der Waals surface area contributed by atoms with E-state index in [0.29, 0.717) is 15.1 Å². The number of quaternary nitrogens is 1. The number of hydrogen-bond acceptors (Lipinski definition) is 3. The van der Waals surface area contributed by atoms with E-state index in [1.807, 2.05) is 6.92 Å². The van der Waals surface area contributed by atoms with Gasteiger partial charge in [-0.25, -0.2) is 0 Å². The van der Waals surface area contributed by atoms with Crippen molar-refractivity contribution in [3.8, 4) is 0 Å². The van der Waals surface area contributed by atoms with Gasteiger partial charge < -0.3 is 10.6 Å². The van der Waals surface area contributed by atoms with Crippen LogP contribution in [0.25, 0.3) is 0 Å². The first-order valence-electron chi connectivity index (χ1n) is 7.30. The monoisotopic (exact) mass is 402 g/mol. The van der Waals surface area contributed by atoms with Crippen LogP contribution < -0.4 is 10.6 Å². The number of hydrogen-bond donors (Lipinski definition) is 2. The molecule has 0 unspecified atom stereocenters. The number of nitrogens with two attached hydrogens (primary N) is 1. The molecule has 0 aliphatic heterocycles. The molecule has 0 saturated carbocycles. The van der Waals surface area contributed by atoms with Gasteiger partial charge in [-0.3, -0.25) is 14.9 Å². The number of anilines is 1. The number of nitrogens with zero attached hydrogens (tertiary/aromatic N) is 1. The summed E-state index contributed by atoms with van der Waals surface area (Å²) in [4.78, 5) is 22.5. The van der Waals surface area contributed by atoms with E-state index >= 15 is 0 Å². The van der Waals surface area contributed by atoms with Crippen molar-refractivity contribution >= 4 is 52.1 Å². The Morgan fingerprint density at radius 3 is 2.48 bits per heavy atom. The van der Waals surface area contributed by atoms with Crippen LogP contribution >= 0.6 is 34.8 Å². The summed E-state index contributed by atoms with van der Waals surface area (Å²) in [6.45, 7) is 1.95. The van der Waals surface area contributed by atoms with Gasteiger partial charge >= 0.3 is 0 Å². The fourth-order valence-corrected chi connectivity index (χ4v) is 3.00. The number of rotatable bonds is 6. The molecule has 0 fully saturated rings. The van der Waals surface area contributed by atoms with Crippen LogP contribution in [0, 0.1) is 10.1 Å². The molecule has 0 radical (unpaired) electrons. The highest BCUT2D eigenvalue weighted by molar-refractivity contribution is 6.35. The number of halogens is 3. The van der Waals surface area contributed by atoms with Crippen molar-refractivity contribution in [2.75, 3.05) is 11.9 Å². The van der Waals surface area contributed by atoms with Gasteiger partial charge in [0.1, 0.15) is 11.7 Å². The van der Waals surface area contributed by atoms with E-state index in [9.17, 15) is 14.9 Å². The van der Waals surface area contributed by atoms with Crippen molar-refractivity contribution in [2.45, 2.75) is 13.0 Å². The van der Waals surface area contributed by atoms with Crippen LogP contribution in [0.5, 0.6) is 0 Å². The summed E-state index contributed by atoms with van der Waals surface area (Å²) < 4.78 is 0. The van der Waals surface area contributed by atoms with Crippen molar-refractivity contribution in [3.05, 3.63) is 67.1 Å². The number of nitro groups is 1. The Kier molecular flexibility index (Phi) is 6.61. The van der Waals surface area contributed by atoms with Crippen molar-refractivity contribution in [1.29, 1.82) is 0 Å². The Morgan fingerprint density at radius 2 is 1.84 bits per heavy atom.